The summed E-state index contributed by atoms with van der Waals surface area (Å²) in [7, 11) is 0. The first-order chi connectivity index (χ1) is 13.8. The summed E-state index contributed by atoms with van der Waals surface area (Å²) < 4.78 is 6.40. The number of benzene rings is 4. The van der Waals surface area contributed by atoms with Gasteiger partial charge in [0.1, 0.15) is 0 Å². The normalized spacial score (nSPS) is 12.3. The summed E-state index contributed by atoms with van der Waals surface area (Å²) in [6.45, 7) is -3.73. The van der Waals surface area contributed by atoms with Gasteiger partial charge in [-0.3, -0.25) is 0 Å². The fourth-order valence-electron chi connectivity index (χ4n) is 4.04. The zero-order valence-electron chi connectivity index (χ0n) is 15.3. The van der Waals surface area contributed by atoms with Gasteiger partial charge in [0.05, 0.1) is 0 Å². The molecule has 28 heavy (non-hydrogen) atoms. The molecule has 136 valence electrons. The van der Waals surface area contributed by atoms with Crippen LogP contribution in [0, 0.1) is 11.5 Å². The monoisotopic (exact) mass is 381 g/mol. The van der Waals surface area contributed by atoms with E-state index in [-0.39, 0.29) is 0 Å². The third kappa shape index (κ3) is 2.45. The van der Waals surface area contributed by atoms with Crippen LogP contribution in [0.1, 0.15) is 0 Å². The van der Waals surface area contributed by atoms with E-state index in [0.29, 0.717) is 0 Å². The average Bonchev–Trinajstić information content (AvgIpc) is 2.80. The fraction of sp³-hybridized carbons (Fsp3) is 0. The first-order valence-corrected chi connectivity index (χ1v) is 11.3. The molecule has 0 saturated carbocycles. The number of hydrogen-bond donors (Lipinski definition) is 0. The predicted molar refractivity (Wildman–Crippen MR) is 118 cm³/mol. The van der Waals surface area contributed by atoms with Crippen LogP contribution < -0.4 is 21.2 Å². The van der Waals surface area contributed by atoms with Crippen LogP contribution >= 0.6 is 6.83 Å². The number of nitrogens with zero attached hydrogens (tertiary/aromatic N) is 1. The van der Waals surface area contributed by atoms with Crippen LogP contribution in [-0.2, 0) is 4.52 Å². The van der Waals surface area contributed by atoms with Crippen molar-refractivity contribution in [3.8, 4) is 6.26 Å². The Labute approximate surface area is 165 Å². The second kappa shape index (κ2) is 7.31. The number of rotatable bonds is 5. The fourth-order valence-corrected chi connectivity index (χ4v) is 9.37. The van der Waals surface area contributed by atoms with Crippen molar-refractivity contribution >= 4 is 28.0 Å². The molecule has 0 radical (unpaired) electrons. The molecule has 4 aromatic carbocycles. The van der Waals surface area contributed by atoms with Crippen LogP contribution in [0.4, 0.5) is 0 Å². The number of nitriles is 1. The maximum atomic E-state index is 9.97. The summed E-state index contributed by atoms with van der Waals surface area (Å²) in [5.74, 6) is 0. The zero-order chi connectivity index (χ0) is 19.3. The molecular weight excluding hydrogens is 361 g/mol. The molecule has 2 nitrogen and oxygen atoms in total. The third-order valence-corrected chi connectivity index (χ3v) is 10.8. The van der Waals surface area contributed by atoms with E-state index < -0.39 is 6.83 Å². The molecule has 0 fully saturated rings. The van der Waals surface area contributed by atoms with Gasteiger partial charge in [0.15, 0.2) is 0 Å². The first kappa shape index (κ1) is 18.0. The van der Waals surface area contributed by atoms with Crippen LogP contribution in [0.25, 0.3) is 0 Å². The molecule has 0 aliphatic rings. The van der Waals surface area contributed by atoms with Gasteiger partial charge in [0, 0.05) is 0 Å². The average molecular weight is 381 g/mol. The molecule has 0 heterocycles. The van der Waals surface area contributed by atoms with Gasteiger partial charge in [-0.25, -0.2) is 0 Å². The Balaban J connectivity index is 2.30. The van der Waals surface area contributed by atoms with Crippen molar-refractivity contribution < 1.29 is 4.52 Å². The van der Waals surface area contributed by atoms with Crippen molar-refractivity contribution in [2.45, 2.75) is 0 Å². The van der Waals surface area contributed by atoms with Crippen LogP contribution in [0.15, 0.2) is 121 Å². The van der Waals surface area contributed by atoms with Crippen molar-refractivity contribution in [2.24, 2.45) is 0 Å². The first-order valence-electron chi connectivity index (χ1n) is 9.15. The molecule has 0 N–H and O–H groups in total. The van der Waals surface area contributed by atoms with Gasteiger partial charge < -0.3 is 0 Å². The van der Waals surface area contributed by atoms with Crippen LogP contribution in [-0.4, -0.2) is 0 Å². The van der Waals surface area contributed by atoms with Gasteiger partial charge in [0.2, 0.25) is 0 Å². The van der Waals surface area contributed by atoms with E-state index in [9.17, 15) is 5.26 Å². The third-order valence-electron chi connectivity index (χ3n) is 5.22. The van der Waals surface area contributed by atoms with Crippen molar-refractivity contribution in [2.75, 3.05) is 0 Å². The topological polar surface area (TPSA) is 33.0 Å². The summed E-state index contributed by atoms with van der Waals surface area (Å²) in [6, 6.07) is 40.6. The molecule has 0 aromatic heterocycles. The van der Waals surface area contributed by atoms with Crippen molar-refractivity contribution in [1.29, 1.82) is 5.26 Å². The van der Waals surface area contributed by atoms with Gasteiger partial charge in [-0.2, -0.15) is 0 Å². The predicted octanol–water partition coefficient (Wildman–Crippen LogP) is 4.25. The Bertz CT molecular complexity index is 921. The van der Waals surface area contributed by atoms with E-state index in [1.807, 2.05) is 72.8 Å². The molecule has 0 aliphatic carbocycles. The van der Waals surface area contributed by atoms with E-state index in [0.717, 1.165) is 21.2 Å². The minimum absolute atomic E-state index is 0.999. The second-order valence-corrected chi connectivity index (χ2v) is 10.9. The summed E-state index contributed by atoms with van der Waals surface area (Å²) >= 11 is 0. The van der Waals surface area contributed by atoms with Crippen LogP contribution in [0.2, 0.25) is 0 Å². The van der Waals surface area contributed by atoms with Crippen LogP contribution in [0.3, 0.4) is 0 Å². The van der Waals surface area contributed by atoms with Crippen LogP contribution in [0.5, 0.6) is 0 Å². The van der Waals surface area contributed by atoms with E-state index in [4.69, 9.17) is 4.52 Å². The Kier molecular flexibility index (Phi) is 4.70. The second-order valence-electron chi connectivity index (χ2n) is 6.56. The van der Waals surface area contributed by atoms with E-state index in [2.05, 4.69) is 54.8 Å². The van der Waals surface area contributed by atoms with Gasteiger partial charge in [-0.1, -0.05) is 0 Å². The molecule has 0 atom stereocenters. The van der Waals surface area contributed by atoms with Gasteiger partial charge in [-0.15, -0.1) is 0 Å². The molecule has 0 unspecified atom stereocenters. The molecule has 0 spiro atoms. The number of hydrogen-bond acceptors (Lipinski definition) is 2. The Morgan fingerprint density at radius 3 is 0.929 bits per heavy atom. The molecule has 4 aromatic rings. The van der Waals surface area contributed by atoms with Crippen molar-refractivity contribution in [1.82, 2.24) is 0 Å². The van der Waals surface area contributed by atoms with Crippen molar-refractivity contribution in [3.63, 3.8) is 0 Å². The Morgan fingerprint density at radius 2 is 0.714 bits per heavy atom. The Morgan fingerprint density at radius 1 is 0.464 bits per heavy atom. The van der Waals surface area contributed by atoms with E-state index in [1.165, 1.54) is 0 Å². The maximum absolute atomic E-state index is 9.97. The molecule has 0 aliphatic heterocycles. The molecule has 0 bridgehead atoms. The standard InChI is InChI=1S/C25H20NOP/c26-21-27-28(22-13-5-1-6-14-22,23-15-7-2-8-16-23,24-17-9-3-10-18-24)25-19-11-4-12-20-25/h1-20H. The van der Waals surface area contributed by atoms with E-state index in [1.54, 1.807) is 0 Å². The van der Waals surface area contributed by atoms with Gasteiger partial charge in [0.25, 0.3) is 0 Å². The van der Waals surface area contributed by atoms with Crippen molar-refractivity contribution in [3.05, 3.63) is 121 Å². The molecular formula is C25H20NOP. The molecule has 0 saturated heterocycles. The SMILES string of the molecule is N#COP(c1ccccc1)(c1ccccc1)(c1ccccc1)c1ccccc1. The molecule has 3 heteroatoms. The van der Waals surface area contributed by atoms with E-state index >= 15 is 0 Å². The molecule has 0 amide bonds. The summed E-state index contributed by atoms with van der Waals surface area (Å²) in [6.07, 6.45) is 2.10. The summed E-state index contributed by atoms with van der Waals surface area (Å²) in [4.78, 5) is 0. The summed E-state index contributed by atoms with van der Waals surface area (Å²) in [5, 5.41) is 14.0. The summed E-state index contributed by atoms with van der Waals surface area (Å²) in [5.41, 5.74) is 0. The minimum atomic E-state index is -3.73. The molecule has 4 rings (SSSR count). The quantitative estimate of drug-likeness (QED) is 0.382. The van der Waals surface area contributed by atoms with Gasteiger partial charge >= 0.3 is 165 Å². The van der Waals surface area contributed by atoms with Gasteiger partial charge in [-0.05, 0) is 0 Å². The Hall–Kier alpha value is -3.40. The zero-order valence-corrected chi connectivity index (χ0v) is 16.2.